The topological polar surface area (TPSA) is 0 Å². The van der Waals surface area contributed by atoms with E-state index < -0.39 is 0 Å². The van der Waals surface area contributed by atoms with Crippen LogP contribution in [0.5, 0.6) is 0 Å². The average Bonchev–Trinajstić information content (AvgIpc) is 2.63. The highest BCUT2D eigenvalue weighted by Crippen LogP contribution is 2.27. The quantitative estimate of drug-likeness (QED) is 0.460. The molecule has 118 valence electrons. The molecule has 0 saturated carbocycles. The van der Waals surface area contributed by atoms with Crippen molar-refractivity contribution >= 4 is 34.2 Å². The molecule has 0 fully saturated rings. The maximum absolute atomic E-state index is 4.11. The van der Waals surface area contributed by atoms with Crippen molar-refractivity contribution in [2.75, 3.05) is 0 Å². The van der Waals surface area contributed by atoms with Crippen molar-refractivity contribution in [1.82, 2.24) is 0 Å². The molecule has 0 heterocycles. The van der Waals surface area contributed by atoms with Crippen LogP contribution in [0, 0.1) is 0 Å². The minimum atomic E-state index is 1.07. The second kappa shape index (κ2) is 10.6. The van der Waals surface area contributed by atoms with Crippen molar-refractivity contribution in [3.8, 4) is 0 Å². The van der Waals surface area contributed by atoms with E-state index in [1.807, 2.05) is 47.6 Å². The van der Waals surface area contributed by atoms with Crippen LogP contribution >= 0.6 is 0 Å². The lowest BCUT2D eigenvalue weighted by Crippen LogP contribution is -2.00. The van der Waals surface area contributed by atoms with E-state index in [2.05, 4.69) is 55.6 Å². The summed E-state index contributed by atoms with van der Waals surface area (Å²) in [6, 6.07) is 14.8. The van der Waals surface area contributed by atoms with Gasteiger partial charge in [-0.25, -0.2) is 0 Å². The second-order valence-corrected chi connectivity index (χ2v) is 4.04. The van der Waals surface area contributed by atoms with Crippen LogP contribution in [-0.2, 0) is 0 Å². The highest BCUT2D eigenvalue weighted by atomic mass is 14.1. The largest absolute Gasteiger partial charge is 0.0984 e. The Morgan fingerprint density at radius 3 is 1.68 bits per heavy atom. The first-order chi connectivity index (χ1) is 10.8. The Kier molecular flexibility index (Phi) is 9.61. The fourth-order valence-electron chi connectivity index (χ4n) is 2.35. The molecule has 0 N–H and O–H groups in total. The fourth-order valence-corrected chi connectivity index (χ4v) is 2.35. The monoisotopic (exact) mass is 294 g/mol. The molecule has 3 aromatic carbocycles. The number of benzene rings is 3. The van der Waals surface area contributed by atoms with Crippen LogP contribution in [0.4, 0.5) is 0 Å². The zero-order valence-corrected chi connectivity index (χ0v) is 15.0. The molecule has 0 spiro atoms. The van der Waals surface area contributed by atoms with E-state index in [1.165, 1.54) is 21.5 Å². The standard InChI is InChI=1S/C16H12.3C2H6/c1-3-12-9-10-14-6-4-5-13-8-7-11(2)15(12)16(13)14;3*1-2/h3-10H,1-2H2;3*1-2H3. The van der Waals surface area contributed by atoms with Gasteiger partial charge in [0, 0.05) is 0 Å². The number of hydrogen-bond donors (Lipinski definition) is 0. The normalized spacial score (nSPS) is 8.82. The maximum atomic E-state index is 4.11. The Balaban J connectivity index is 0.000000661. The van der Waals surface area contributed by atoms with Crippen molar-refractivity contribution in [3.63, 3.8) is 0 Å². The van der Waals surface area contributed by atoms with Crippen molar-refractivity contribution < 1.29 is 0 Å². The summed E-state index contributed by atoms with van der Waals surface area (Å²) in [5, 5.41) is 6.13. The van der Waals surface area contributed by atoms with Gasteiger partial charge in [0.25, 0.3) is 0 Å². The summed E-state index contributed by atoms with van der Waals surface area (Å²) >= 11 is 0. The summed E-state index contributed by atoms with van der Waals surface area (Å²) < 4.78 is 0. The molecule has 0 aliphatic carbocycles. The molecule has 3 aromatic rings. The molecule has 0 aliphatic rings. The lowest BCUT2D eigenvalue weighted by molar-refractivity contribution is 1.50. The first kappa shape index (κ1) is 19.9. The summed E-state index contributed by atoms with van der Waals surface area (Å²) in [7, 11) is 0. The van der Waals surface area contributed by atoms with E-state index in [0.717, 1.165) is 10.8 Å². The predicted molar refractivity (Wildman–Crippen MR) is 106 cm³/mol. The predicted octanol–water partition coefficient (Wildman–Crippen LogP) is 6.84. The molecule has 22 heavy (non-hydrogen) atoms. The molecule has 0 saturated heterocycles. The van der Waals surface area contributed by atoms with Gasteiger partial charge in [0.05, 0.1) is 0 Å². The van der Waals surface area contributed by atoms with Gasteiger partial charge in [0.1, 0.15) is 0 Å². The van der Waals surface area contributed by atoms with Gasteiger partial charge in [-0.15, -0.1) is 0 Å². The van der Waals surface area contributed by atoms with E-state index in [1.54, 1.807) is 0 Å². The molecule has 0 radical (unpaired) electrons. The van der Waals surface area contributed by atoms with Crippen LogP contribution in [0.1, 0.15) is 47.1 Å². The Bertz CT molecular complexity index is 720. The Labute approximate surface area is 136 Å². The van der Waals surface area contributed by atoms with E-state index in [-0.39, 0.29) is 0 Å². The summed E-state index contributed by atoms with van der Waals surface area (Å²) in [6.45, 7) is 20.0. The first-order valence-electron chi connectivity index (χ1n) is 8.37. The highest BCUT2D eigenvalue weighted by molar-refractivity contribution is 6.12. The van der Waals surface area contributed by atoms with Crippen LogP contribution in [0.2, 0.25) is 0 Å². The van der Waals surface area contributed by atoms with Gasteiger partial charge in [0.15, 0.2) is 0 Å². The Hall–Kier alpha value is -2.08. The van der Waals surface area contributed by atoms with Gasteiger partial charge in [-0.05, 0) is 32.3 Å². The molecule has 0 atom stereocenters. The van der Waals surface area contributed by atoms with Crippen molar-refractivity contribution in [2.24, 2.45) is 0 Å². The number of rotatable bonds is 1. The first-order valence-corrected chi connectivity index (χ1v) is 8.37. The van der Waals surface area contributed by atoms with Gasteiger partial charge >= 0.3 is 0 Å². The summed E-state index contributed by atoms with van der Waals surface area (Å²) in [6.07, 6.45) is 1.90. The number of hydrogen-bond acceptors (Lipinski definition) is 0. The Morgan fingerprint density at radius 1 is 0.682 bits per heavy atom. The molecule has 0 nitrogen and oxygen atoms in total. The van der Waals surface area contributed by atoms with E-state index in [4.69, 9.17) is 0 Å². The van der Waals surface area contributed by atoms with Crippen molar-refractivity contribution in [2.45, 2.75) is 41.5 Å². The SMILES string of the molecule is C=Cc1ccc2cccc3ccc(=C)c1c23.CC.CC.CC. The van der Waals surface area contributed by atoms with Crippen LogP contribution in [0.15, 0.2) is 49.0 Å². The second-order valence-electron chi connectivity index (χ2n) is 4.04. The molecule has 0 aliphatic heterocycles. The van der Waals surface area contributed by atoms with E-state index >= 15 is 0 Å². The molecular formula is C22H30. The zero-order valence-electron chi connectivity index (χ0n) is 15.0. The summed E-state index contributed by atoms with van der Waals surface area (Å²) in [5.41, 5.74) is 1.16. The molecule has 0 heteroatoms. The molecule has 0 bridgehead atoms. The van der Waals surface area contributed by atoms with Gasteiger partial charge < -0.3 is 0 Å². The smallest absolute Gasteiger partial charge is 0.00270 e. The summed E-state index contributed by atoms with van der Waals surface area (Å²) in [5.74, 6) is 0. The van der Waals surface area contributed by atoms with Crippen LogP contribution < -0.4 is 5.22 Å². The molecular weight excluding hydrogens is 264 g/mol. The maximum Gasteiger partial charge on any atom is -0.00270 e. The zero-order chi connectivity index (χ0) is 17.1. The minimum Gasteiger partial charge on any atom is -0.0984 e. The van der Waals surface area contributed by atoms with Crippen molar-refractivity contribution in [1.29, 1.82) is 0 Å². The van der Waals surface area contributed by atoms with Crippen molar-refractivity contribution in [3.05, 3.63) is 59.8 Å². The molecule has 0 aromatic heterocycles. The average molecular weight is 294 g/mol. The van der Waals surface area contributed by atoms with E-state index in [0.29, 0.717) is 0 Å². The van der Waals surface area contributed by atoms with Gasteiger partial charge in [-0.2, -0.15) is 0 Å². The van der Waals surface area contributed by atoms with E-state index in [9.17, 15) is 0 Å². The third-order valence-electron chi connectivity index (χ3n) is 3.12. The van der Waals surface area contributed by atoms with Crippen LogP contribution in [-0.4, -0.2) is 0 Å². The van der Waals surface area contributed by atoms with Crippen LogP contribution in [0.3, 0.4) is 0 Å². The lowest BCUT2D eigenvalue weighted by atomic mass is 9.96. The third kappa shape index (κ3) is 3.98. The molecule has 0 unspecified atom stereocenters. The third-order valence-corrected chi connectivity index (χ3v) is 3.12. The highest BCUT2D eigenvalue weighted by Gasteiger charge is 2.04. The summed E-state index contributed by atoms with van der Waals surface area (Å²) in [4.78, 5) is 0. The molecule has 0 amide bonds. The minimum absolute atomic E-state index is 1.07. The Morgan fingerprint density at radius 2 is 1.18 bits per heavy atom. The van der Waals surface area contributed by atoms with Crippen LogP contribution in [0.25, 0.3) is 34.2 Å². The van der Waals surface area contributed by atoms with Gasteiger partial charge in [-0.3, -0.25) is 0 Å². The van der Waals surface area contributed by atoms with Gasteiger partial charge in [0.2, 0.25) is 0 Å². The fraction of sp³-hybridized carbons (Fsp3) is 0.273. The lowest BCUT2D eigenvalue weighted by Gasteiger charge is -2.08. The van der Waals surface area contributed by atoms with Gasteiger partial charge in [-0.1, -0.05) is 103 Å². The molecule has 3 rings (SSSR count).